The van der Waals surface area contributed by atoms with E-state index in [1.807, 2.05) is 42.5 Å². The Labute approximate surface area is 165 Å². The van der Waals surface area contributed by atoms with E-state index in [4.69, 9.17) is 16.3 Å². The standard InChI is InChI=1S/C21H25ClN2O3/c1-4-16-9-11-18(12-10-16)27-14-20(25)24(15(2)21(26)23-3)13-17-7-5-6-8-19(17)22/h5-12,15H,4,13-14H2,1-3H3,(H,23,26)/t15-/m0/s1. The first kappa shape index (κ1) is 20.8. The number of hydrogen-bond donors (Lipinski definition) is 1. The van der Waals surface area contributed by atoms with Crippen LogP contribution in [-0.4, -0.2) is 36.4 Å². The van der Waals surface area contributed by atoms with Crippen molar-refractivity contribution in [2.45, 2.75) is 32.9 Å². The molecule has 0 saturated heterocycles. The van der Waals surface area contributed by atoms with Crippen LogP contribution in [0.4, 0.5) is 0 Å². The molecule has 0 heterocycles. The number of amides is 2. The summed E-state index contributed by atoms with van der Waals surface area (Å²) in [6.45, 7) is 3.83. The Hall–Kier alpha value is -2.53. The predicted octanol–water partition coefficient (Wildman–Crippen LogP) is 3.44. The Kier molecular flexibility index (Phi) is 7.67. The van der Waals surface area contributed by atoms with Gasteiger partial charge >= 0.3 is 0 Å². The van der Waals surface area contributed by atoms with Gasteiger partial charge in [-0.05, 0) is 42.7 Å². The summed E-state index contributed by atoms with van der Waals surface area (Å²) in [5.74, 6) is 0.0825. The molecule has 0 unspecified atom stereocenters. The second kappa shape index (κ2) is 9.97. The summed E-state index contributed by atoms with van der Waals surface area (Å²) in [6.07, 6.45) is 0.939. The van der Waals surface area contributed by atoms with E-state index in [2.05, 4.69) is 12.2 Å². The maximum atomic E-state index is 12.8. The lowest BCUT2D eigenvalue weighted by molar-refractivity contribution is -0.142. The highest BCUT2D eigenvalue weighted by Gasteiger charge is 2.26. The Morgan fingerprint density at radius 1 is 1.15 bits per heavy atom. The lowest BCUT2D eigenvalue weighted by atomic mass is 10.1. The summed E-state index contributed by atoms with van der Waals surface area (Å²) in [4.78, 5) is 26.4. The van der Waals surface area contributed by atoms with Gasteiger partial charge in [-0.1, -0.05) is 48.9 Å². The minimum atomic E-state index is -0.648. The average molecular weight is 389 g/mol. The fraction of sp³-hybridized carbons (Fsp3) is 0.333. The zero-order valence-corrected chi connectivity index (χ0v) is 16.6. The van der Waals surface area contributed by atoms with Gasteiger partial charge in [-0.3, -0.25) is 9.59 Å². The number of halogens is 1. The highest BCUT2D eigenvalue weighted by molar-refractivity contribution is 6.31. The van der Waals surface area contributed by atoms with Gasteiger partial charge in [-0.2, -0.15) is 0 Å². The third-order valence-electron chi connectivity index (χ3n) is 4.41. The molecule has 144 valence electrons. The second-order valence-electron chi connectivity index (χ2n) is 6.19. The van der Waals surface area contributed by atoms with Gasteiger partial charge in [0.05, 0.1) is 0 Å². The van der Waals surface area contributed by atoms with Crippen LogP contribution in [-0.2, 0) is 22.6 Å². The smallest absolute Gasteiger partial charge is 0.261 e. The number of aryl methyl sites for hydroxylation is 1. The highest BCUT2D eigenvalue weighted by atomic mass is 35.5. The molecule has 2 amide bonds. The molecule has 0 aliphatic carbocycles. The van der Waals surface area contributed by atoms with Gasteiger partial charge in [0.1, 0.15) is 11.8 Å². The molecule has 1 N–H and O–H groups in total. The molecule has 0 radical (unpaired) electrons. The third-order valence-corrected chi connectivity index (χ3v) is 4.77. The Morgan fingerprint density at radius 2 is 1.81 bits per heavy atom. The average Bonchev–Trinajstić information content (AvgIpc) is 2.70. The molecule has 0 spiro atoms. The molecular formula is C21H25ClN2O3. The van der Waals surface area contributed by atoms with Crippen molar-refractivity contribution in [2.24, 2.45) is 0 Å². The summed E-state index contributed by atoms with van der Waals surface area (Å²) in [7, 11) is 1.54. The second-order valence-corrected chi connectivity index (χ2v) is 6.60. The number of carbonyl (C=O) groups excluding carboxylic acids is 2. The summed E-state index contributed by atoms with van der Waals surface area (Å²) in [5, 5.41) is 3.13. The zero-order chi connectivity index (χ0) is 19.8. The van der Waals surface area contributed by atoms with Crippen molar-refractivity contribution in [2.75, 3.05) is 13.7 Å². The topological polar surface area (TPSA) is 58.6 Å². The number of nitrogens with one attached hydrogen (secondary N) is 1. The molecule has 2 rings (SSSR count). The number of ether oxygens (including phenoxy) is 1. The molecule has 0 saturated carbocycles. The van der Waals surface area contributed by atoms with Gasteiger partial charge in [0.25, 0.3) is 5.91 Å². The van der Waals surface area contributed by atoms with E-state index in [1.54, 1.807) is 20.0 Å². The fourth-order valence-electron chi connectivity index (χ4n) is 2.65. The molecule has 5 nitrogen and oxygen atoms in total. The van der Waals surface area contributed by atoms with Crippen LogP contribution in [0.25, 0.3) is 0 Å². The first-order chi connectivity index (χ1) is 13.0. The van der Waals surface area contributed by atoms with E-state index in [0.717, 1.165) is 12.0 Å². The van der Waals surface area contributed by atoms with Crippen molar-refractivity contribution < 1.29 is 14.3 Å². The summed E-state index contributed by atoms with van der Waals surface area (Å²) in [5.41, 5.74) is 1.97. The minimum absolute atomic E-state index is 0.155. The van der Waals surface area contributed by atoms with Crippen molar-refractivity contribution in [3.63, 3.8) is 0 Å². The summed E-state index contributed by atoms with van der Waals surface area (Å²) < 4.78 is 5.62. The van der Waals surface area contributed by atoms with Crippen molar-refractivity contribution in [1.29, 1.82) is 0 Å². The fourth-order valence-corrected chi connectivity index (χ4v) is 2.85. The molecule has 2 aromatic carbocycles. The third kappa shape index (κ3) is 5.73. The molecule has 0 aliphatic heterocycles. The van der Waals surface area contributed by atoms with Crippen LogP contribution in [0.5, 0.6) is 5.75 Å². The molecule has 0 aliphatic rings. The van der Waals surface area contributed by atoms with Gasteiger partial charge in [-0.15, -0.1) is 0 Å². The monoisotopic (exact) mass is 388 g/mol. The molecule has 0 aromatic heterocycles. The number of carbonyl (C=O) groups is 2. The maximum Gasteiger partial charge on any atom is 0.261 e. The Balaban J connectivity index is 2.12. The molecule has 2 aromatic rings. The van der Waals surface area contributed by atoms with Crippen LogP contribution < -0.4 is 10.1 Å². The number of nitrogens with zero attached hydrogens (tertiary/aromatic N) is 1. The van der Waals surface area contributed by atoms with E-state index < -0.39 is 6.04 Å². The van der Waals surface area contributed by atoms with Crippen LogP contribution in [0, 0.1) is 0 Å². The van der Waals surface area contributed by atoms with Crippen LogP contribution in [0.1, 0.15) is 25.0 Å². The first-order valence-corrected chi connectivity index (χ1v) is 9.30. The lowest BCUT2D eigenvalue weighted by Gasteiger charge is -2.28. The van der Waals surface area contributed by atoms with Crippen molar-refractivity contribution in [3.05, 3.63) is 64.7 Å². The van der Waals surface area contributed by atoms with E-state index in [1.165, 1.54) is 10.5 Å². The maximum absolute atomic E-state index is 12.8. The Morgan fingerprint density at radius 3 is 2.41 bits per heavy atom. The number of likely N-dealkylation sites (N-methyl/N-ethyl adjacent to an activating group) is 1. The molecule has 0 bridgehead atoms. The van der Waals surface area contributed by atoms with E-state index >= 15 is 0 Å². The number of rotatable bonds is 8. The lowest BCUT2D eigenvalue weighted by Crippen LogP contribution is -2.48. The molecule has 1 atom stereocenters. The molecule has 27 heavy (non-hydrogen) atoms. The van der Waals surface area contributed by atoms with Gasteiger partial charge < -0.3 is 15.0 Å². The molecule has 6 heteroatoms. The van der Waals surface area contributed by atoms with E-state index in [-0.39, 0.29) is 25.0 Å². The van der Waals surface area contributed by atoms with Crippen LogP contribution in [0.15, 0.2) is 48.5 Å². The number of benzene rings is 2. The van der Waals surface area contributed by atoms with Crippen LogP contribution >= 0.6 is 11.6 Å². The normalized spacial score (nSPS) is 11.6. The quantitative estimate of drug-likeness (QED) is 0.753. The van der Waals surface area contributed by atoms with E-state index in [0.29, 0.717) is 10.8 Å². The van der Waals surface area contributed by atoms with Crippen LogP contribution in [0.3, 0.4) is 0 Å². The molecular weight excluding hydrogens is 364 g/mol. The summed E-state index contributed by atoms with van der Waals surface area (Å²) in [6, 6.07) is 14.2. The Bertz CT molecular complexity index is 777. The van der Waals surface area contributed by atoms with Crippen molar-refractivity contribution >= 4 is 23.4 Å². The largest absolute Gasteiger partial charge is 0.484 e. The van der Waals surface area contributed by atoms with Gasteiger partial charge in [-0.25, -0.2) is 0 Å². The van der Waals surface area contributed by atoms with E-state index in [9.17, 15) is 9.59 Å². The van der Waals surface area contributed by atoms with Crippen molar-refractivity contribution in [1.82, 2.24) is 10.2 Å². The number of hydrogen-bond acceptors (Lipinski definition) is 3. The first-order valence-electron chi connectivity index (χ1n) is 8.92. The SMILES string of the molecule is CCc1ccc(OCC(=O)N(Cc2ccccc2Cl)[C@@H](C)C(=O)NC)cc1. The molecule has 0 fully saturated rings. The highest BCUT2D eigenvalue weighted by Crippen LogP contribution is 2.19. The van der Waals surface area contributed by atoms with Gasteiger partial charge in [0.15, 0.2) is 6.61 Å². The van der Waals surface area contributed by atoms with Gasteiger partial charge in [0.2, 0.25) is 5.91 Å². The zero-order valence-electron chi connectivity index (χ0n) is 15.9. The van der Waals surface area contributed by atoms with Crippen molar-refractivity contribution in [3.8, 4) is 5.75 Å². The predicted molar refractivity (Wildman–Crippen MR) is 107 cm³/mol. The minimum Gasteiger partial charge on any atom is -0.484 e. The van der Waals surface area contributed by atoms with Gasteiger partial charge in [0, 0.05) is 18.6 Å². The van der Waals surface area contributed by atoms with Crippen LogP contribution in [0.2, 0.25) is 5.02 Å². The summed E-state index contributed by atoms with van der Waals surface area (Å²) >= 11 is 6.22.